The maximum Gasteiger partial charge on any atom is 0.408 e. The fourth-order valence-electron chi connectivity index (χ4n) is 3.13. The van der Waals surface area contributed by atoms with Crippen LogP contribution in [0.4, 0.5) is 4.79 Å². The van der Waals surface area contributed by atoms with Gasteiger partial charge in [0.1, 0.15) is 5.60 Å². The molecule has 1 amide bonds. The van der Waals surface area contributed by atoms with Crippen LogP contribution in [0.3, 0.4) is 0 Å². The quantitative estimate of drug-likeness (QED) is 0.752. The van der Waals surface area contributed by atoms with Gasteiger partial charge in [-0.3, -0.25) is 0 Å². The van der Waals surface area contributed by atoms with Crippen molar-refractivity contribution in [2.24, 2.45) is 11.1 Å². The van der Waals surface area contributed by atoms with Gasteiger partial charge in [0.15, 0.2) is 0 Å². The molecule has 1 aliphatic rings. The molecule has 7 heteroatoms. The normalized spacial score (nSPS) is 20.2. The molecule has 1 aromatic rings. The molecule has 0 bridgehead atoms. The average molecular weight is 390 g/mol. The number of carbonyl (C=O) groups is 2. The first-order valence-electron chi connectivity index (χ1n) is 9.43. The fourth-order valence-corrected chi connectivity index (χ4v) is 3.13. The lowest BCUT2D eigenvalue weighted by Gasteiger charge is -2.27. The molecular formula is C21H30N2O5. The van der Waals surface area contributed by atoms with Crippen molar-refractivity contribution in [3.63, 3.8) is 0 Å². The number of oxime groups is 1. The highest BCUT2D eigenvalue weighted by Crippen LogP contribution is 2.32. The Morgan fingerprint density at radius 3 is 2.43 bits per heavy atom. The summed E-state index contributed by atoms with van der Waals surface area (Å²) in [6.45, 7) is 9.32. The third-order valence-electron chi connectivity index (χ3n) is 4.39. The SMILES string of the molecule is COC(=O)C1(Cc2ccccc2)CC(C(NC(=O)OC(C)(C)C)C(C)C)=NO1. The van der Waals surface area contributed by atoms with Gasteiger partial charge in [0, 0.05) is 12.8 Å². The molecule has 0 saturated heterocycles. The Balaban J connectivity index is 2.19. The number of amides is 1. The molecule has 2 unspecified atom stereocenters. The number of ether oxygens (including phenoxy) is 2. The Kier molecular flexibility index (Phi) is 6.69. The van der Waals surface area contributed by atoms with E-state index in [1.807, 2.05) is 44.2 Å². The van der Waals surface area contributed by atoms with Gasteiger partial charge in [-0.1, -0.05) is 49.3 Å². The van der Waals surface area contributed by atoms with Crippen molar-refractivity contribution in [2.75, 3.05) is 7.11 Å². The number of nitrogens with zero attached hydrogens (tertiary/aromatic N) is 1. The fraction of sp³-hybridized carbons (Fsp3) is 0.571. The van der Waals surface area contributed by atoms with E-state index < -0.39 is 29.3 Å². The van der Waals surface area contributed by atoms with E-state index >= 15 is 0 Å². The second-order valence-corrected chi connectivity index (χ2v) is 8.37. The standard InChI is InChI=1S/C21H30N2O5/c1-14(2)17(22-19(25)27-20(3,4)5)16-13-21(28-23-16,18(24)26-6)12-15-10-8-7-9-11-15/h7-11,14,17H,12-13H2,1-6H3,(H,22,25). The minimum Gasteiger partial charge on any atom is -0.466 e. The van der Waals surface area contributed by atoms with Crippen molar-refractivity contribution >= 4 is 17.8 Å². The van der Waals surface area contributed by atoms with Crippen molar-refractivity contribution in [1.82, 2.24) is 5.32 Å². The minimum absolute atomic E-state index is 0.0278. The molecule has 0 radical (unpaired) electrons. The van der Waals surface area contributed by atoms with E-state index in [1.165, 1.54) is 7.11 Å². The van der Waals surface area contributed by atoms with Crippen LogP contribution in [0.1, 0.15) is 46.6 Å². The molecule has 154 valence electrons. The molecule has 1 heterocycles. The van der Waals surface area contributed by atoms with Gasteiger partial charge in [0.25, 0.3) is 0 Å². The Labute approximate surface area is 166 Å². The summed E-state index contributed by atoms with van der Waals surface area (Å²) in [5, 5.41) is 7.02. The Morgan fingerprint density at radius 2 is 1.89 bits per heavy atom. The largest absolute Gasteiger partial charge is 0.466 e. The van der Waals surface area contributed by atoms with Crippen molar-refractivity contribution in [2.45, 2.75) is 64.7 Å². The molecule has 7 nitrogen and oxygen atoms in total. The first-order chi connectivity index (χ1) is 13.1. The molecule has 28 heavy (non-hydrogen) atoms. The number of nitrogens with one attached hydrogen (secondary N) is 1. The molecule has 1 N–H and O–H groups in total. The van der Waals surface area contributed by atoms with Crippen molar-refractivity contribution in [3.05, 3.63) is 35.9 Å². The van der Waals surface area contributed by atoms with Crippen LogP contribution < -0.4 is 5.32 Å². The summed E-state index contributed by atoms with van der Waals surface area (Å²) < 4.78 is 10.4. The van der Waals surface area contributed by atoms with Gasteiger partial charge in [0.2, 0.25) is 5.60 Å². The summed E-state index contributed by atoms with van der Waals surface area (Å²) in [5.41, 5.74) is -0.329. The highest BCUT2D eigenvalue weighted by Gasteiger charge is 2.49. The van der Waals surface area contributed by atoms with E-state index in [0.717, 1.165) is 5.56 Å². The number of esters is 1. The van der Waals surface area contributed by atoms with Crippen molar-refractivity contribution in [1.29, 1.82) is 0 Å². The van der Waals surface area contributed by atoms with Gasteiger partial charge in [-0.25, -0.2) is 9.59 Å². The number of carbonyl (C=O) groups excluding carboxylic acids is 2. The topological polar surface area (TPSA) is 86.2 Å². The van der Waals surface area contributed by atoms with E-state index in [2.05, 4.69) is 10.5 Å². The van der Waals surface area contributed by atoms with Gasteiger partial charge in [-0.2, -0.15) is 0 Å². The predicted octanol–water partition coefficient (Wildman–Crippen LogP) is 3.47. The maximum absolute atomic E-state index is 12.6. The predicted molar refractivity (Wildman–Crippen MR) is 106 cm³/mol. The zero-order valence-corrected chi connectivity index (χ0v) is 17.4. The first kappa shape index (κ1) is 21.7. The third kappa shape index (κ3) is 5.47. The summed E-state index contributed by atoms with van der Waals surface area (Å²) in [7, 11) is 1.33. The van der Waals surface area contributed by atoms with Gasteiger partial charge in [0.05, 0.1) is 18.9 Å². The summed E-state index contributed by atoms with van der Waals surface area (Å²) in [4.78, 5) is 30.5. The van der Waals surface area contributed by atoms with Crippen LogP contribution in [0.15, 0.2) is 35.5 Å². The molecular weight excluding hydrogens is 360 g/mol. The molecule has 0 spiro atoms. The molecule has 0 aromatic heterocycles. The van der Waals surface area contributed by atoms with Gasteiger partial charge in [-0.15, -0.1) is 0 Å². The number of alkyl carbamates (subject to hydrolysis) is 1. The first-order valence-corrected chi connectivity index (χ1v) is 9.43. The van der Waals surface area contributed by atoms with E-state index in [4.69, 9.17) is 14.3 Å². The molecule has 1 aromatic carbocycles. The van der Waals surface area contributed by atoms with Crippen LogP contribution in [0, 0.1) is 5.92 Å². The number of methoxy groups -OCH3 is 1. The van der Waals surface area contributed by atoms with E-state index in [0.29, 0.717) is 12.1 Å². The smallest absolute Gasteiger partial charge is 0.408 e. The van der Waals surface area contributed by atoms with Crippen LogP contribution in [0.25, 0.3) is 0 Å². The van der Waals surface area contributed by atoms with Crippen LogP contribution in [0.2, 0.25) is 0 Å². The zero-order valence-electron chi connectivity index (χ0n) is 17.4. The Morgan fingerprint density at radius 1 is 1.25 bits per heavy atom. The summed E-state index contributed by atoms with van der Waals surface area (Å²) in [5.74, 6) is -0.463. The zero-order chi connectivity index (χ0) is 20.9. The summed E-state index contributed by atoms with van der Waals surface area (Å²) in [6.07, 6.45) is 0.0189. The van der Waals surface area contributed by atoms with E-state index in [-0.39, 0.29) is 12.3 Å². The monoisotopic (exact) mass is 390 g/mol. The van der Waals surface area contributed by atoms with Gasteiger partial charge >= 0.3 is 12.1 Å². The van der Waals surface area contributed by atoms with Crippen LogP contribution >= 0.6 is 0 Å². The van der Waals surface area contributed by atoms with E-state index in [9.17, 15) is 9.59 Å². The highest BCUT2D eigenvalue weighted by atomic mass is 16.7. The lowest BCUT2D eigenvalue weighted by molar-refractivity contribution is -0.166. The molecule has 0 saturated carbocycles. The van der Waals surface area contributed by atoms with Crippen molar-refractivity contribution in [3.8, 4) is 0 Å². The molecule has 0 aliphatic carbocycles. The number of hydrogen-bond donors (Lipinski definition) is 1. The third-order valence-corrected chi connectivity index (χ3v) is 4.39. The number of benzene rings is 1. The molecule has 0 fully saturated rings. The van der Waals surface area contributed by atoms with Crippen LogP contribution in [-0.2, 0) is 25.5 Å². The van der Waals surface area contributed by atoms with E-state index in [1.54, 1.807) is 20.8 Å². The summed E-state index contributed by atoms with van der Waals surface area (Å²) in [6, 6.07) is 9.13. The molecule has 2 rings (SSSR count). The Hall–Kier alpha value is -2.57. The average Bonchev–Trinajstić information content (AvgIpc) is 3.03. The minimum atomic E-state index is -1.24. The lowest BCUT2D eigenvalue weighted by Crippen LogP contribution is -2.48. The lowest BCUT2D eigenvalue weighted by atomic mass is 9.86. The van der Waals surface area contributed by atoms with Crippen molar-refractivity contribution < 1.29 is 23.9 Å². The Bertz CT molecular complexity index is 724. The van der Waals surface area contributed by atoms with Crippen LogP contribution in [0.5, 0.6) is 0 Å². The second kappa shape index (κ2) is 8.63. The molecule has 2 atom stereocenters. The second-order valence-electron chi connectivity index (χ2n) is 8.37. The molecule has 1 aliphatic heterocycles. The summed E-state index contributed by atoms with van der Waals surface area (Å²) >= 11 is 0. The van der Waals surface area contributed by atoms with Crippen LogP contribution in [-0.4, -0.2) is 42.1 Å². The number of rotatable bonds is 6. The van der Waals surface area contributed by atoms with Gasteiger partial charge < -0.3 is 19.6 Å². The maximum atomic E-state index is 12.6. The highest BCUT2D eigenvalue weighted by molar-refractivity contribution is 5.98. The van der Waals surface area contributed by atoms with Gasteiger partial charge in [-0.05, 0) is 32.3 Å². The number of hydrogen-bond acceptors (Lipinski definition) is 6.